The van der Waals surface area contributed by atoms with Gasteiger partial charge in [0.1, 0.15) is 17.3 Å². The molecule has 2 N–H and O–H groups in total. The van der Waals surface area contributed by atoms with Crippen molar-refractivity contribution in [2.24, 2.45) is 0 Å². The number of amides is 1. The summed E-state index contributed by atoms with van der Waals surface area (Å²) in [6.07, 6.45) is 3.10. The lowest BCUT2D eigenvalue weighted by Gasteiger charge is -2.25. The SMILES string of the molecule is COc1ccc(OC)c(NC(=O)C(C)NC2CCCC2c2ccc(F)cc2)c1. The number of rotatable bonds is 7. The molecular weight excluding hydrogens is 359 g/mol. The highest BCUT2D eigenvalue weighted by Gasteiger charge is 2.31. The number of ether oxygens (including phenoxy) is 2. The van der Waals surface area contributed by atoms with Crippen molar-refractivity contribution in [3.8, 4) is 11.5 Å². The molecule has 150 valence electrons. The van der Waals surface area contributed by atoms with Gasteiger partial charge in [0, 0.05) is 12.1 Å². The smallest absolute Gasteiger partial charge is 0.241 e. The molecule has 1 fully saturated rings. The topological polar surface area (TPSA) is 59.6 Å². The molecule has 1 amide bonds. The highest BCUT2D eigenvalue weighted by atomic mass is 19.1. The summed E-state index contributed by atoms with van der Waals surface area (Å²) in [5.74, 6) is 1.13. The maximum atomic E-state index is 13.2. The lowest BCUT2D eigenvalue weighted by atomic mass is 9.93. The molecule has 6 heteroatoms. The van der Waals surface area contributed by atoms with Gasteiger partial charge in [-0.25, -0.2) is 4.39 Å². The van der Waals surface area contributed by atoms with Crippen LogP contribution in [0, 0.1) is 5.82 Å². The second kappa shape index (κ2) is 9.06. The summed E-state index contributed by atoms with van der Waals surface area (Å²) in [6.45, 7) is 1.85. The molecule has 1 aliphatic carbocycles. The number of methoxy groups -OCH3 is 2. The van der Waals surface area contributed by atoms with Crippen LogP contribution in [-0.2, 0) is 4.79 Å². The highest BCUT2D eigenvalue weighted by molar-refractivity contribution is 5.96. The second-order valence-electron chi connectivity index (χ2n) is 7.14. The summed E-state index contributed by atoms with van der Waals surface area (Å²) < 4.78 is 23.8. The monoisotopic (exact) mass is 386 g/mol. The van der Waals surface area contributed by atoms with Crippen molar-refractivity contribution in [3.05, 3.63) is 53.8 Å². The van der Waals surface area contributed by atoms with Gasteiger partial charge >= 0.3 is 0 Å². The lowest BCUT2D eigenvalue weighted by Crippen LogP contribution is -2.44. The minimum absolute atomic E-state index is 0.142. The van der Waals surface area contributed by atoms with Crippen LogP contribution in [0.25, 0.3) is 0 Å². The molecule has 0 saturated heterocycles. The molecule has 0 heterocycles. The average Bonchev–Trinajstić information content (AvgIpc) is 3.16. The van der Waals surface area contributed by atoms with Crippen molar-refractivity contribution < 1.29 is 18.7 Å². The number of nitrogens with one attached hydrogen (secondary N) is 2. The van der Waals surface area contributed by atoms with Gasteiger partial charge in [0.05, 0.1) is 25.9 Å². The largest absolute Gasteiger partial charge is 0.497 e. The van der Waals surface area contributed by atoms with Gasteiger partial charge in [-0.05, 0) is 55.5 Å². The fourth-order valence-electron chi connectivity index (χ4n) is 3.82. The van der Waals surface area contributed by atoms with Crippen molar-refractivity contribution in [2.75, 3.05) is 19.5 Å². The van der Waals surface area contributed by atoms with Gasteiger partial charge in [-0.15, -0.1) is 0 Å². The molecule has 1 aliphatic rings. The van der Waals surface area contributed by atoms with E-state index >= 15 is 0 Å². The Morgan fingerprint density at radius 1 is 1.11 bits per heavy atom. The predicted molar refractivity (Wildman–Crippen MR) is 108 cm³/mol. The maximum Gasteiger partial charge on any atom is 0.241 e. The Morgan fingerprint density at radius 2 is 1.86 bits per heavy atom. The Kier molecular flexibility index (Phi) is 6.52. The van der Waals surface area contributed by atoms with Crippen LogP contribution < -0.4 is 20.1 Å². The Balaban J connectivity index is 1.66. The average molecular weight is 386 g/mol. The van der Waals surface area contributed by atoms with Crippen LogP contribution >= 0.6 is 0 Å². The van der Waals surface area contributed by atoms with Crippen LogP contribution in [0.1, 0.15) is 37.7 Å². The van der Waals surface area contributed by atoms with Crippen LogP contribution in [-0.4, -0.2) is 32.2 Å². The first-order chi connectivity index (χ1) is 13.5. The van der Waals surface area contributed by atoms with E-state index in [1.54, 1.807) is 32.4 Å². The fourth-order valence-corrected chi connectivity index (χ4v) is 3.82. The molecule has 3 unspecified atom stereocenters. The Labute approximate surface area is 165 Å². The van der Waals surface area contributed by atoms with Gasteiger partial charge in [-0.3, -0.25) is 4.79 Å². The third kappa shape index (κ3) is 4.62. The van der Waals surface area contributed by atoms with Crippen LogP contribution in [0.4, 0.5) is 10.1 Å². The summed E-state index contributed by atoms with van der Waals surface area (Å²) in [5.41, 5.74) is 1.68. The van der Waals surface area contributed by atoms with E-state index in [1.165, 1.54) is 12.1 Å². The molecule has 0 bridgehead atoms. The molecule has 5 nitrogen and oxygen atoms in total. The molecule has 2 aromatic carbocycles. The summed E-state index contributed by atoms with van der Waals surface area (Å²) in [6, 6.07) is 11.7. The van der Waals surface area contributed by atoms with Crippen molar-refractivity contribution in [2.45, 2.75) is 44.2 Å². The highest BCUT2D eigenvalue weighted by Crippen LogP contribution is 2.35. The Bertz CT molecular complexity index is 810. The zero-order valence-corrected chi connectivity index (χ0v) is 16.5. The van der Waals surface area contributed by atoms with E-state index in [4.69, 9.17) is 9.47 Å². The summed E-state index contributed by atoms with van der Waals surface area (Å²) in [5, 5.41) is 6.37. The van der Waals surface area contributed by atoms with Gasteiger partial charge < -0.3 is 20.1 Å². The third-order valence-corrected chi connectivity index (χ3v) is 5.34. The number of carbonyl (C=O) groups excluding carboxylic acids is 1. The van der Waals surface area contributed by atoms with Crippen molar-refractivity contribution in [1.82, 2.24) is 5.32 Å². The molecule has 0 aliphatic heterocycles. The molecule has 2 aromatic rings. The predicted octanol–water partition coefficient (Wildman–Crippen LogP) is 4.10. The van der Waals surface area contributed by atoms with E-state index in [1.807, 2.05) is 19.1 Å². The standard InChI is InChI=1S/C22H27FN2O3/c1-14(22(26)25-20-13-17(27-2)11-12-21(20)28-3)24-19-6-4-5-18(19)15-7-9-16(23)10-8-15/h7-14,18-19,24H,4-6H2,1-3H3,(H,25,26). The normalized spacial score (nSPS) is 19.9. The molecule has 3 atom stereocenters. The first-order valence-electron chi connectivity index (χ1n) is 9.56. The minimum Gasteiger partial charge on any atom is -0.497 e. The summed E-state index contributed by atoms with van der Waals surface area (Å²) >= 11 is 0. The van der Waals surface area contributed by atoms with E-state index in [9.17, 15) is 9.18 Å². The number of carbonyl (C=O) groups is 1. The quantitative estimate of drug-likeness (QED) is 0.752. The van der Waals surface area contributed by atoms with Crippen LogP contribution in [0.2, 0.25) is 0 Å². The second-order valence-corrected chi connectivity index (χ2v) is 7.14. The van der Waals surface area contributed by atoms with Crippen LogP contribution in [0.5, 0.6) is 11.5 Å². The molecule has 0 spiro atoms. The number of hydrogen-bond donors (Lipinski definition) is 2. The first kappa shape index (κ1) is 20.1. The van der Waals surface area contributed by atoms with E-state index in [0.29, 0.717) is 17.2 Å². The zero-order valence-electron chi connectivity index (χ0n) is 16.5. The van der Waals surface area contributed by atoms with Gasteiger partial charge in [-0.2, -0.15) is 0 Å². The molecular formula is C22H27FN2O3. The van der Waals surface area contributed by atoms with Crippen molar-refractivity contribution >= 4 is 11.6 Å². The maximum absolute atomic E-state index is 13.2. The van der Waals surface area contributed by atoms with Gasteiger partial charge in [0.2, 0.25) is 5.91 Å². The van der Waals surface area contributed by atoms with E-state index in [0.717, 1.165) is 24.8 Å². The number of hydrogen-bond acceptors (Lipinski definition) is 4. The lowest BCUT2D eigenvalue weighted by molar-refractivity contribution is -0.118. The van der Waals surface area contributed by atoms with Gasteiger partial charge in [-0.1, -0.05) is 18.6 Å². The van der Waals surface area contributed by atoms with Gasteiger partial charge in [0.25, 0.3) is 0 Å². The Hall–Kier alpha value is -2.60. The van der Waals surface area contributed by atoms with Crippen molar-refractivity contribution in [3.63, 3.8) is 0 Å². The van der Waals surface area contributed by atoms with Crippen LogP contribution in [0.3, 0.4) is 0 Å². The van der Waals surface area contributed by atoms with Crippen molar-refractivity contribution in [1.29, 1.82) is 0 Å². The number of anilines is 1. The first-order valence-corrected chi connectivity index (χ1v) is 9.56. The Morgan fingerprint density at radius 3 is 2.54 bits per heavy atom. The number of halogens is 1. The molecule has 1 saturated carbocycles. The summed E-state index contributed by atoms with van der Waals surface area (Å²) in [7, 11) is 3.14. The fraction of sp³-hybridized carbons (Fsp3) is 0.409. The van der Waals surface area contributed by atoms with E-state index < -0.39 is 0 Å². The molecule has 0 radical (unpaired) electrons. The number of benzene rings is 2. The van der Waals surface area contributed by atoms with E-state index in [-0.39, 0.29) is 29.7 Å². The van der Waals surface area contributed by atoms with E-state index in [2.05, 4.69) is 10.6 Å². The van der Waals surface area contributed by atoms with Gasteiger partial charge in [0.15, 0.2) is 0 Å². The minimum atomic E-state index is -0.387. The third-order valence-electron chi connectivity index (χ3n) is 5.34. The summed E-state index contributed by atoms with van der Waals surface area (Å²) in [4.78, 5) is 12.7. The molecule has 0 aromatic heterocycles. The molecule has 3 rings (SSSR count). The molecule has 28 heavy (non-hydrogen) atoms. The zero-order chi connectivity index (χ0) is 20.1. The van der Waals surface area contributed by atoms with Crippen LogP contribution in [0.15, 0.2) is 42.5 Å².